The summed E-state index contributed by atoms with van der Waals surface area (Å²) in [6.07, 6.45) is 6.60. The second kappa shape index (κ2) is 4.33. The van der Waals surface area contributed by atoms with Gasteiger partial charge in [0.25, 0.3) is 0 Å². The van der Waals surface area contributed by atoms with Crippen molar-refractivity contribution < 1.29 is 0 Å². The monoisotopic (exact) mass is 290 g/mol. The van der Waals surface area contributed by atoms with Gasteiger partial charge < -0.3 is 10.6 Å². The van der Waals surface area contributed by atoms with E-state index in [1.165, 1.54) is 0 Å². The van der Waals surface area contributed by atoms with Crippen LogP contribution in [0.1, 0.15) is 6.42 Å². The maximum absolute atomic E-state index is 4.33. The fourth-order valence-corrected chi connectivity index (χ4v) is 2.37. The van der Waals surface area contributed by atoms with E-state index >= 15 is 0 Å². The fourth-order valence-electron chi connectivity index (χ4n) is 1.84. The van der Waals surface area contributed by atoms with Gasteiger partial charge in [-0.3, -0.25) is 9.97 Å². The van der Waals surface area contributed by atoms with Crippen LogP contribution in [0.5, 0.6) is 0 Å². The van der Waals surface area contributed by atoms with Crippen LogP contribution in [-0.4, -0.2) is 16.5 Å². The smallest absolute Gasteiger partial charge is 0.105 e. The summed E-state index contributed by atoms with van der Waals surface area (Å²) in [5, 5.41) is 6.61. The minimum atomic E-state index is 0.871. The Hall–Kier alpha value is -1.62. The van der Waals surface area contributed by atoms with Gasteiger partial charge in [0.1, 0.15) is 5.52 Å². The van der Waals surface area contributed by atoms with Gasteiger partial charge >= 0.3 is 0 Å². The Morgan fingerprint density at radius 1 is 1.24 bits per heavy atom. The lowest BCUT2D eigenvalue weighted by atomic mass is 10.2. The quantitative estimate of drug-likeness (QED) is 0.893. The average molecular weight is 291 g/mol. The van der Waals surface area contributed by atoms with E-state index in [2.05, 4.69) is 42.6 Å². The zero-order valence-electron chi connectivity index (χ0n) is 9.07. The van der Waals surface area contributed by atoms with Crippen molar-refractivity contribution >= 4 is 32.7 Å². The molecule has 0 amide bonds. The van der Waals surface area contributed by atoms with Gasteiger partial charge in [0, 0.05) is 18.9 Å². The molecule has 0 fully saturated rings. The number of hydrogen-bond donors (Lipinski definition) is 2. The number of rotatable bonds is 2. The predicted molar refractivity (Wildman–Crippen MR) is 71.6 cm³/mol. The van der Waals surface area contributed by atoms with E-state index in [1.54, 1.807) is 12.4 Å². The average Bonchev–Trinajstić information content (AvgIpc) is 2.86. The molecule has 0 radical (unpaired) electrons. The number of nitrogens with one attached hydrogen (secondary N) is 2. The van der Waals surface area contributed by atoms with E-state index in [0.717, 1.165) is 40.0 Å². The molecule has 5 heteroatoms. The molecule has 0 saturated heterocycles. The molecule has 1 aromatic carbocycles. The summed E-state index contributed by atoms with van der Waals surface area (Å²) < 4.78 is 0.942. The summed E-state index contributed by atoms with van der Waals surface area (Å²) in [4.78, 5) is 8.59. The second-order valence-electron chi connectivity index (χ2n) is 3.81. The predicted octanol–water partition coefficient (Wildman–Crippen LogP) is 2.64. The van der Waals surface area contributed by atoms with E-state index in [1.807, 2.05) is 12.1 Å². The second-order valence-corrected chi connectivity index (χ2v) is 4.60. The van der Waals surface area contributed by atoms with Gasteiger partial charge in [-0.2, -0.15) is 0 Å². The molecule has 2 aromatic rings. The third-order valence-electron chi connectivity index (χ3n) is 2.66. The lowest BCUT2D eigenvalue weighted by Gasteiger charge is -2.11. The van der Waals surface area contributed by atoms with Gasteiger partial charge in [0.2, 0.25) is 0 Å². The number of fused-ring (bicyclic) bond motifs is 1. The van der Waals surface area contributed by atoms with Crippen molar-refractivity contribution in [2.45, 2.75) is 6.42 Å². The summed E-state index contributed by atoms with van der Waals surface area (Å²) in [5.74, 6) is 1.05. The molecule has 0 unspecified atom stereocenters. The van der Waals surface area contributed by atoms with Crippen LogP contribution in [0, 0.1) is 0 Å². The van der Waals surface area contributed by atoms with Gasteiger partial charge in [-0.05, 0) is 40.6 Å². The molecule has 2 heterocycles. The first kappa shape index (κ1) is 10.5. The van der Waals surface area contributed by atoms with Gasteiger partial charge in [-0.1, -0.05) is 0 Å². The molecule has 86 valence electrons. The van der Waals surface area contributed by atoms with Gasteiger partial charge in [0.05, 0.1) is 21.5 Å². The normalized spacial score (nSPS) is 14.5. The van der Waals surface area contributed by atoms with Crippen LogP contribution in [0.2, 0.25) is 0 Å². The van der Waals surface area contributed by atoms with Crippen LogP contribution in [0.15, 0.2) is 40.9 Å². The minimum absolute atomic E-state index is 0.871. The number of halogens is 1. The van der Waals surface area contributed by atoms with Crippen molar-refractivity contribution in [2.75, 3.05) is 11.9 Å². The van der Waals surface area contributed by atoms with Crippen molar-refractivity contribution in [3.63, 3.8) is 0 Å². The van der Waals surface area contributed by atoms with Crippen LogP contribution in [-0.2, 0) is 0 Å². The van der Waals surface area contributed by atoms with Crippen molar-refractivity contribution in [3.8, 4) is 0 Å². The molecule has 3 rings (SSSR count). The summed E-state index contributed by atoms with van der Waals surface area (Å²) in [6.45, 7) is 0.993. The lowest BCUT2D eigenvalue weighted by Crippen LogP contribution is -2.14. The van der Waals surface area contributed by atoms with Crippen LogP contribution in [0.3, 0.4) is 0 Å². The molecule has 4 nitrogen and oxygen atoms in total. The van der Waals surface area contributed by atoms with Crippen molar-refractivity contribution in [1.82, 2.24) is 15.3 Å². The maximum atomic E-state index is 4.33. The Balaban J connectivity index is 2.02. The first-order valence-electron chi connectivity index (χ1n) is 5.45. The molecular weight excluding hydrogens is 280 g/mol. The van der Waals surface area contributed by atoms with Gasteiger partial charge in [-0.15, -0.1) is 0 Å². The Bertz CT molecular complexity index is 594. The highest BCUT2D eigenvalue weighted by Crippen LogP contribution is 2.29. The van der Waals surface area contributed by atoms with E-state index in [0.29, 0.717) is 0 Å². The Morgan fingerprint density at radius 2 is 2.12 bits per heavy atom. The molecule has 0 atom stereocenters. The van der Waals surface area contributed by atoms with Gasteiger partial charge in [-0.25, -0.2) is 0 Å². The molecule has 0 aliphatic carbocycles. The van der Waals surface area contributed by atoms with Crippen LogP contribution >= 0.6 is 15.9 Å². The molecule has 17 heavy (non-hydrogen) atoms. The van der Waals surface area contributed by atoms with Crippen LogP contribution < -0.4 is 10.6 Å². The number of hydrogen-bond acceptors (Lipinski definition) is 4. The highest BCUT2D eigenvalue weighted by molar-refractivity contribution is 9.10. The lowest BCUT2D eigenvalue weighted by molar-refractivity contribution is 0.879. The number of nitrogens with zero attached hydrogens (tertiary/aromatic N) is 2. The zero-order chi connectivity index (χ0) is 11.7. The Kier molecular flexibility index (Phi) is 2.68. The summed E-state index contributed by atoms with van der Waals surface area (Å²) in [5.41, 5.74) is 2.76. The molecule has 0 bridgehead atoms. The molecule has 1 aromatic heterocycles. The zero-order valence-corrected chi connectivity index (χ0v) is 10.7. The fraction of sp³-hybridized carbons (Fsp3) is 0.167. The number of anilines is 1. The minimum Gasteiger partial charge on any atom is -0.372 e. The highest BCUT2D eigenvalue weighted by Gasteiger charge is 2.09. The SMILES string of the molecule is Brc1c(NC2=CCCN2)ccc2nccnc12. The summed E-state index contributed by atoms with van der Waals surface area (Å²) in [6, 6.07) is 3.97. The molecule has 2 N–H and O–H groups in total. The van der Waals surface area contributed by atoms with Crippen molar-refractivity contribution in [3.05, 3.63) is 40.9 Å². The highest BCUT2D eigenvalue weighted by atomic mass is 79.9. The van der Waals surface area contributed by atoms with Crippen molar-refractivity contribution in [2.24, 2.45) is 0 Å². The Labute approximate surface area is 107 Å². The molecule has 1 aliphatic heterocycles. The molecular formula is C12H11BrN4. The number of benzene rings is 1. The molecule has 0 spiro atoms. The maximum Gasteiger partial charge on any atom is 0.105 e. The third kappa shape index (κ3) is 1.98. The van der Waals surface area contributed by atoms with Crippen LogP contribution in [0.25, 0.3) is 11.0 Å². The van der Waals surface area contributed by atoms with E-state index < -0.39 is 0 Å². The van der Waals surface area contributed by atoms with E-state index in [-0.39, 0.29) is 0 Å². The standard InChI is InChI=1S/C12H11BrN4/c13-11-8(17-10-2-1-5-15-10)3-4-9-12(11)16-7-6-14-9/h2-4,6-7,15,17H,1,5H2. The molecule has 0 saturated carbocycles. The largest absolute Gasteiger partial charge is 0.372 e. The number of aromatic nitrogens is 2. The summed E-state index contributed by atoms with van der Waals surface area (Å²) in [7, 11) is 0. The van der Waals surface area contributed by atoms with Crippen LogP contribution in [0.4, 0.5) is 5.69 Å². The first-order chi connectivity index (χ1) is 8.34. The summed E-state index contributed by atoms with van der Waals surface area (Å²) >= 11 is 3.57. The van der Waals surface area contributed by atoms with E-state index in [4.69, 9.17) is 0 Å². The third-order valence-corrected chi connectivity index (χ3v) is 3.46. The van der Waals surface area contributed by atoms with Crippen molar-refractivity contribution in [1.29, 1.82) is 0 Å². The van der Waals surface area contributed by atoms with Gasteiger partial charge in [0.15, 0.2) is 0 Å². The topological polar surface area (TPSA) is 49.8 Å². The first-order valence-corrected chi connectivity index (χ1v) is 6.24. The Morgan fingerprint density at radius 3 is 2.94 bits per heavy atom. The molecule has 1 aliphatic rings. The van der Waals surface area contributed by atoms with E-state index in [9.17, 15) is 0 Å².